The lowest BCUT2D eigenvalue weighted by molar-refractivity contribution is 0.278. The van der Waals surface area contributed by atoms with Crippen LogP contribution in [0.25, 0.3) is 0 Å². The molecule has 1 aromatic carbocycles. The number of halogens is 1. The highest BCUT2D eigenvalue weighted by molar-refractivity contribution is 7.80. The molecule has 1 saturated heterocycles. The van der Waals surface area contributed by atoms with Gasteiger partial charge in [0.05, 0.1) is 11.9 Å². The maximum atomic E-state index is 14.4. The lowest BCUT2D eigenvalue weighted by atomic mass is 9.83. The first-order valence-electron chi connectivity index (χ1n) is 8.76. The van der Waals surface area contributed by atoms with Crippen LogP contribution in [-0.4, -0.2) is 24.4 Å². The summed E-state index contributed by atoms with van der Waals surface area (Å²) in [5.74, 6) is 1.55. The van der Waals surface area contributed by atoms with Crippen molar-refractivity contribution in [3.05, 3.63) is 29.6 Å². The number of anilines is 1. The number of benzene rings is 1. The Balaban J connectivity index is 1.59. The first-order chi connectivity index (χ1) is 11.6. The molecule has 3 rings (SSSR count). The first-order valence-corrected chi connectivity index (χ1v) is 9.17. The Bertz CT molecular complexity index is 605. The fourth-order valence-electron chi connectivity index (χ4n) is 4.07. The molecule has 0 unspecified atom stereocenters. The Labute approximate surface area is 148 Å². The van der Waals surface area contributed by atoms with Gasteiger partial charge in [0, 0.05) is 13.1 Å². The van der Waals surface area contributed by atoms with Crippen LogP contribution in [0, 0.1) is 17.7 Å². The molecule has 0 amide bonds. The summed E-state index contributed by atoms with van der Waals surface area (Å²) in [6.07, 6.45) is 9.47. The van der Waals surface area contributed by atoms with E-state index in [2.05, 4.69) is 27.6 Å². The van der Waals surface area contributed by atoms with Crippen LogP contribution in [0.2, 0.25) is 0 Å². The highest BCUT2D eigenvalue weighted by atomic mass is 32.1. The van der Waals surface area contributed by atoms with E-state index in [1.807, 2.05) is 12.1 Å². The van der Waals surface area contributed by atoms with E-state index in [0.717, 1.165) is 24.9 Å². The Morgan fingerprint density at radius 1 is 1.21 bits per heavy atom. The third-order valence-electron chi connectivity index (χ3n) is 5.31. The van der Waals surface area contributed by atoms with E-state index in [1.54, 1.807) is 0 Å². The van der Waals surface area contributed by atoms with Crippen molar-refractivity contribution in [1.29, 1.82) is 0 Å². The molecular formula is C18H25FN4S. The van der Waals surface area contributed by atoms with Crippen LogP contribution in [-0.2, 0) is 0 Å². The number of rotatable bonds is 4. The van der Waals surface area contributed by atoms with Crippen LogP contribution in [0.1, 0.15) is 44.1 Å². The summed E-state index contributed by atoms with van der Waals surface area (Å²) in [7, 11) is 0. The number of hydrogen-bond acceptors (Lipinski definition) is 3. The van der Waals surface area contributed by atoms with Crippen molar-refractivity contribution in [2.45, 2.75) is 38.5 Å². The molecule has 3 N–H and O–H groups in total. The van der Waals surface area contributed by atoms with Gasteiger partial charge in [-0.2, -0.15) is 5.10 Å². The molecule has 2 fully saturated rings. The molecule has 1 aromatic rings. The van der Waals surface area contributed by atoms with Gasteiger partial charge in [-0.15, -0.1) is 0 Å². The molecular weight excluding hydrogens is 323 g/mol. The van der Waals surface area contributed by atoms with Gasteiger partial charge in [-0.25, -0.2) is 4.39 Å². The van der Waals surface area contributed by atoms with Gasteiger partial charge in [-0.3, -0.25) is 5.43 Å². The van der Waals surface area contributed by atoms with E-state index in [0.29, 0.717) is 11.3 Å². The summed E-state index contributed by atoms with van der Waals surface area (Å²) in [6, 6.07) is 5.21. The summed E-state index contributed by atoms with van der Waals surface area (Å²) in [6.45, 7) is 1.91. The first kappa shape index (κ1) is 17.1. The molecule has 130 valence electrons. The van der Waals surface area contributed by atoms with E-state index in [1.165, 1.54) is 50.8 Å². The van der Waals surface area contributed by atoms with Gasteiger partial charge >= 0.3 is 0 Å². The zero-order valence-electron chi connectivity index (χ0n) is 13.9. The van der Waals surface area contributed by atoms with Gasteiger partial charge in [0.1, 0.15) is 5.82 Å². The molecule has 2 aliphatic rings. The maximum Gasteiger partial charge on any atom is 0.184 e. The van der Waals surface area contributed by atoms with Crippen LogP contribution in [0.15, 0.2) is 23.3 Å². The fraction of sp³-hybridized carbons (Fsp3) is 0.556. The van der Waals surface area contributed by atoms with Crippen molar-refractivity contribution in [2.75, 3.05) is 18.0 Å². The predicted molar refractivity (Wildman–Crippen MR) is 101 cm³/mol. The van der Waals surface area contributed by atoms with Gasteiger partial charge in [0.25, 0.3) is 0 Å². The van der Waals surface area contributed by atoms with Gasteiger partial charge in [-0.05, 0) is 54.6 Å². The number of hydrazone groups is 1. The van der Waals surface area contributed by atoms with Crippen LogP contribution in [0.3, 0.4) is 0 Å². The average molecular weight is 348 g/mol. The number of nitrogens with one attached hydrogen (secondary N) is 1. The number of piperidine rings is 1. The second-order valence-electron chi connectivity index (χ2n) is 6.81. The molecule has 4 nitrogen and oxygen atoms in total. The minimum Gasteiger partial charge on any atom is -0.375 e. The summed E-state index contributed by atoms with van der Waals surface area (Å²) in [5.41, 5.74) is 9.13. The maximum absolute atomic E-state index is 14.4. The Hall–Kier alpha value is -1.69. The number of thiocarbonyl (C=S) groups is 1. The topological polar surface area (TPSA) is 53.6 Å². The van der Waals surface area contributed by atoms with Gasteiger partial charge in [-0.1, -0.05) is 31.7 Å². The molecule has 0 aromatic heterocycles. The van der Waals surface area contributed by atoms with E-state index in [4.69, 9.17) is 5.73 Å². The summed E-state index contributed by atoms with van der Waals surface area (Å²) in [4.78, 5) is 2.18. The lowest BCUT2D eigenvalue weighted by Gasteiger charge is -2.36. The zero-order valence-corrected chi connectivity index (χ0v) is 14.7. The normalized spacial score (nSPS) is 20.0. The van der Waals surface area contributed by atoms with Crippen molar-refractivity contribution >= 4 is 29.2 Å². The molecule has 1 aliphatic carbocycles. The number of nitrogens with two attached hydrogens (primary N) is 1. The Morgan fingerprint density at radius 3 is 2.50 bits per heavy atom. The molecule has 1 heterocycles. The van der Waals surface area contributed by atoms with Crippen LogP contribution in [0.5, 0.6) is 0 Å². The lowest BCUT2D eigenvalue weighted by Crippen LogP contribution is -2.36. The smallest absolute Gasteiger partial charge is 0.184 e. The van der Waals surface area contributed by atoms with E-state index in [9.17, 15) is 4.39 Å². The molecule has 0 bridgehead atoms. The van der Waals surface area contributed by atoms with Gasteiger partial charge in [0.2, 0.25) is 0 Å². The molecule has 6 heteroatoms. The quantitative estimate of drug-likeness (QED) is 0.497. The SMILES string of the molecule is NC(=S)N/N=C/c1ccc(N2CCC(C3CCCC3)CC2)c(F)c1. The standard InChI is InChI=1S/C18H25FN4S/c19-16-11-13(12-21-22-18(20)24)5-6-17(16)23-9-7-15(8-10-23)14-3-1-2-4-14/h5-6,11-12,14-15H,1-4,7-10H2,(H3,20,22,24)/b21-12+. The highest BCUT2D eigenvalue weighted by Gasteiger charge is 2.29. The zero-order chi connectivity index (χ0) is 16.9. The van der Waals surface area contributed by atoms with Crippen LogP contribution >= 0.6 is 12.2 Å². The van der Waals surface area contributed by atoms with E-state index in [-0.39, 0.29) is 10.9 Å². The largest absolute Gasteiger partial charge is 0.375 e. The minimum absolute atomic E-state index is 0.0912. The third-order valence-corrected chi connectivity index (χ3v) is 5.40. The molecule has 0 radical (unpaired) electrons. The Kier molecular flexibility index (Phi) is 5.66. The van der Waals surface area contributed by atoms with Crippen molar-refractivity contribution < 1.29 is 4.39 Å². The monoisotopic (exact) mass is 348 g/mol. The van der Waals surface area contributed by atoms with Crippen molar-refractivity contribution in [3.8, 4) is 0 Å². The summed E-state index contributed by atoms with van der Waals surface area (Å²) >= 11 is 4.66. The van der Waals surface area contributed by atoms with Crippen molar-refractivity contribution in [3.63, 3.8) is 0 Å². The fourth-order valence-corrected chi connectivity index (χ4v) is 4.12. The molecule has 0 atom stereocenters. The Morgan fingerprint density at radius 2 is 1.88 bits per heavy atom. The number of nitrogens with zero attached hydrogens (tertiary/aromatic N) is 2. The minimum atomic E-state index is -0.200. The summed E-state index contributed by atoms with van der Waals surface area (Å²) in [5, 5.41) is 3.95. The molecule has 0 spiro atoms. The molecule has 1 aliphatic heterocycles. The second-order valence-corrected chi connectivity index (χ2v) is 7.25. The second kappa shape index (κ2) is 7.92. The van der Waals surface area contributed by atoms with Crippen LogP contribution < -0.4 is 16.1 Å². The van der Waals surface area contributed by atoms with Crippen LogP contribution in [0.4, 0.5) is 10.1 Å². The number of hydrogen-bond donors (Lipinski definition) is 2. The highest BCUT2D eigenvalue weighted by Crippen LogP contribution is 2.37. The molecule has 1 saturated carbocycles. The van der Waals surface area contributed by atoms with E-state index >= 15 is 0 Å². The van der Waals surface area contributed by atoms with E-state index < -0.39 is 0 Å². The average Bonchev–Trinajstić information content (AvgIpc) is 3.09. The predicted octanol–water partition coefficient (Wildman–Crippen LogP) is 3.40. The van der Waals surface area contributed by atoms with Crippen molar-refractivity contribution in [1.82, 2.24) is 5.43 Å². The van der Waals surface area contributed by atoms with Gasteiger partial charge < -0.3 is 10.6 Å². The molecule has 24 heavy (non-hydrogen) atoms. The van der Waals surface area contributed by atoms with Crippen molar-refractivity contribution in [2.24, 2.45) is 22.7 Å². The third kappa shape index (κ3) is 4.23. The summed E-state index contributed by atoms with van der Waals surface area (Å²) < 4.78 is 14.4. The van der Waals surface area contributed by atoms with Gasteiger partial charge in [0.15, 0.2) is 5.11 Å².